The Kier molecular flexibility index (Phi) is 4.60. The number of carbonyl (C=O) groups excluding carboxylic acids is 1. The van der Waals surface area contributed by atoms with Crippen LogP contribution in [-0.2, 0) is 9.53 Å². The number of amides is 1. The zero-order valence-corrected chi connectivity index (χ0v) is 9.91. The van der Waals surface area contributed by atoms with Crippen LogP contribution in [-0.4, -0.2) is 49.7 Å². The molecule has 0 aliphatic carbocycles. The standard InChI is InChI=1S/C12H22N2O2/c15-12(5-8-14-6-1-2-7-14)13-10-11-4-3-9-16-11/h11H,1-10H2,(H,13,15). The van der Waals surface area contributed by atoms with Crippen molar-refractivity contribution in [2.24, 2.45) is 0 Å². The molecule has 2 heterocycles. The molecule has 0 radical (unpaired) electrons. The summed E-state index contributed by atoms with van der Waals surface area (Å²) in [5, 5.41) is 2.96. The normalized spacial score (nSPS) is 26.1. The molecule has 0 saturated carbocycles. The van der Waals surface area contributed by atoms with Crippen molar-refractivity contribution >= 4 is 5.91 Å². The highest BCUT2D eigenvalue weighted by atomic mass is 16.5. The molecule has 4 nitrogen and oxygen atoms in total. The summed E-state index contributed by atoms with van der Waals surface area (Å²) < 4.78 is 5.46. The number of likely N-dealkylation sites (tertiary alicyclic amines) is 1. The van der Waals surface area contributed by atoms with E-state index in [0.717, 1.165) is 26.0 Å². The third-order valence-electron chi connectivity index (χ3n) is 3.40. The van der Waals surface area contributed by atoms with Crippen molar-refractivity contribution < 1.29 is 9.53 Å². The largest absolute Gasteiger partial charge is 0.376 e. The third-order valence-corrected chi connectivity index (χ3v) is 3.40. The average molecular weight is 226 g/mol. The molecule has 0 bridgehead atoms. The number of nitrogens with one attached hydrogen (secondary N) is 1. The maximum absolute atomic E-state index is 11.6. The van der Waals surface area contributed by atoms with Gasteiger partial charge in [-0.05, 0) is 38.8 Å². The van der Waals surface area contributed by atoms with Crippen LogP contribution in [0.5, 0.6) is 0 Å². The van der Waals surface area contributed by atoms with Gasteiger partial charge in [-0.15, -0.1) is 0 Å². The topological polar surface area (TPSA) is 41.6 Å². The monoisotopic (exact) mass is 226 g/mol. The second-order valence-electron chi connectivity index (χ2n) is 4.74. The quantitative estimate of drug-likeness (QED) is 0.753. The van der Waals surface area contributed by atoms with Crippen LogP contribution in [0.2, 0.25) is 0 Å². The van der Waals surface area contributed by atoms with Gasteiger partial charge in [0.15, 0.2) is 0 Å². The number of hydrogen-bond donors (Lipinski definition) is 1. The summed E-state index contributed by atoms with van der Waals surface area (Å²) in [6.45, 7) is 4.79. The Balaban J connectivity index is 1.53. The molecule has 1 amide bonds. The molecule has 1 atom stereocenters. The Labute approximate surface area is 97.3 Å². The van der Waals surface area contributed by atoms with Crippen LogP contribution in [0.4, 0.5) is 0 Å². The summed E-state index contributed by atoms with van der Waals surface area (Å²) in [7, 11) is 0. The first-order chi connectivity index (χ1) is 7.84. The minimum atomic E-state index is 0.169. The van der Waals surface area contributed by atoms with Crippen LogP contribution in [0.15, 0.2) is 0 Å². The Bertz CT molecular complexity index is 199. The van der Waals surface area contributed by atoms with E-state index in [0.29, 0.717) is 13.0 Å². The highest BCUT2D eigenvalue weighted by molar-refractivity contribution is 5.76. The molecule has 92 valence electrons. The lowest BCUT2D eigenvalue weighted by atomic mass is 10.2. The minimum Gasteiger partial charge on any atom is -0.376 e. The van der Waals surface area contributed by atoms with Gasteiger partial charge in [-0.1, -0.05) is 0 Å². The molecular weight excluding hydrogens is 204 g/mol. The van der Waals surface area contributed by atoms with Gasteiger partial charge in [0.2, 0.25) is 5.91 Å². The van der Waals surface area contributed by atoms with Crippen LogP contribution in [0.1, 0.15) is 32.1 Å². The van der Waals surface area contributed by atoms with Gasteiger partial charge in [0.1, 0.15) is 0 Å². The van der Waals surface area contributed by atoms with Crippen molar-refractivity contribution in [1.82, 2.24) is 10.2 Å². The maximum atomic E-state index is 11.6. The molecule has 16 heavy (non-hydrogen) atoms. The molecule has 0 aromatic heterocycles. The molecule has 2 aliphatic rings. The molecule has 2 saturated heterocycles. The Hall–Kier alpha value is -0.610. The SMILES string of the molecule is O=C(CCN1CCCC1)NCC1CCCO1. The fourth-order valence-corrected chi connectivity index (χ4v) is 2.39. The Morgan fingerprint density at radius 3 is 2.81 bits per heavy atom. The van der Waals surface area contributed by atoms with Crippen molar-refractivity contribution in [2.75, 3.05) is 32.8 Å². The summed E-state index contributed by atoms with van der Waals surface area (Å²) in [6, 6.07) is 0. The van der Waals surface area contributed by atoms with Gasteiger partial charge >= 0.3 is 0 Å². The average Bonchev–Trinajstić information content (AvgIpc) is 2.96. The summed E-state index contributed by atoms with van der Waals surface area (Å²) in [4.78, 5) is 13.9. The number of ether oxygens (including phenoxy) is 1. The van der Waals surface area contributed by atoms with E-state index in [1.54, 1.807) is 0 Å². The number of carbonyl (C=O) groups is 1. The van der Waals surface area contributed by atoms with Crippen molar-refractivity contribution in [2.45, 2.75) is 38.2 Å². The Morgan fingerprint density at radius 1 is 1.31 bits per heavy atom. The van der Waals surface area contributed by atoms with Crippen LogP contribution in [0.3, 0.4) is 0 Å². The Morgan fingerprint density at radius 2 is 2.12 bits per heavy atom. The lowest BCUT2D eigenvalue weighted by Gasteiger charge is -2.15. The summed E-state index contributed by atoms with van der Waals surface area (Å²) in [5.74, 6) is 0.169. The van der Waals surface area contributed by atoms with Crippen molar-refractivity contribution in [1.29, 1.82) is 0 Å². The molecule has 0 aromatic rings. The summed E-state index contributed by atoms with van der Waals surface area (Å²) in [6.07, 6.45) is 5.69. The minimum absolute atomic E-state index is 0.169. The fraction of sp³-hybridized carbons (Fsp3) is 0.917. The molecule has 1 N–H and O–H groups in total. The number of hydrogen-bond acceptors (Lipinski definition) is 3. The molecule has 0 aromatic carbocycles. The van der Waals surface area contributed by atoms with Gasteiger partial charge in [-0.2, -0.15) is 0 Å². The van der Waals surface area contributed by atoms with Gasteiger partial charge in [0.05, 0.1) is 6.10 Å². The molecule has 0 spiro atoms. The van der Waals surface area contributed by atoms with Crippen LogP contribution in [0.25, 0.3) is 0 Å². The van der Waals surface area contributed by atoms with Crippen molar-refractivity contribution in [3.63, 3.8) is 0 Å². The molecule has 2 aliphatic heterocycles. The molecule has 4 heteroatoms. The summed E-state index contributed by atoms with van der Waals surface area (Å²) in [5.41, 5.74) is 0. The van der Waals surface area contributed by atoms with E-state index in [4.69, 9.17) is 4.74 Å². The smallest absolute Gasteiger partial charge is 0.221 e. The first-order valence-corrected chi connectivity index (χ1v) is 6.45. The predicted molar refractivity (Wildman–Crippen MR) is 62.3 cm³/mol. The van der Waals surface area contributed by atoms with Crippen molar-refractivity contribution in [3.05, 3.63) is 0 Å². The van der Waals surface area contributed by atoms with Crippen LogP contribution in [0, 0.1) is 0 Å². The maximum Gasteiger partial charge on any atom is 0.221 e. The van der Waals surface area contributed by atoms with E-state index >= 15 is 0 Å². The fourth-order valence-electron chi connectivity index (χ4n) is 2.39. The third kappa shape index (κ3) is 3.76. The van der Waals surface area contributed by atoms with Gasteiger partial charge in [0.25, 0.3) is 0 Å². The van der Waals surface area contributed by atoms with Crippen LogP contribution >= 0.6 is 0 Å². The number of rotatable bonds is 5. The second-order valence-corrected chi connectivity index (χ2v) is 4.74. The zero-order chi connectivity index (χ0) is 11.2. The van der Waals surface area contributed by atoms with E-state index in [9.17, 15) is 4.79 Å². The zero-order valence-electron chi connectivity index (χ0n) is 9.91. The van der Waals surface area contributed by atoms with Gasteiger partial charge in [0, 0.05) is 26.1 Å². The predicted octanol–water partition coefficient (Wildman–Crippen LogP) is 0.767. The molecule has 2 rings (SSSR count). The first-order valence-electron chi connectivity index (χ1n) is 6.45. The lowest BCUT2D eigenvalue weighted by molar-refractivity contribution is -0.121. The highest BCUT2D eigenvalue weighted by Crippen LogP contribution is 2.10. The van der Waals surface area contributed by atoms with E-state index in [1.165, 1.54) is 25.9 Å². The van der Waals surface area contributed by atoms with E-state index in [1.807, 2.05) is 0 Å². The summed E-state index contributed by atoms with van der Waals surface area (Å²) >= 11 is 0. The first kappa shape index (κ1) is 11.9. The lowest BCUT2D eigenvalue weighted by Crippen LogP contribution is -2.34. The molecular formula is C12H22N2O2. The van der Waals surface area contributed by atoms with E-state index in [2.05, 4.69) is 10.2 Å². The van der Waals surface area contributed by atoms with Gasteiger partial charge in [-0.3, -0.25) is 4.79 Å². The molecule has 2 fully saturated rings. The highest BCUT2D eigenvalue weighted by Gasteiger charge is 2.17. The van der Waals surface area contributed by atoms with Crippen LogP contribution < -0.4 is 5.32 Å². The number of nitrogens with zero attached hydrogens (tertiary/aromatic N) is 1. The van der Waals surface area contributed by atoms with Gasteiger partial charge in [-0.25, -0.2) is 0 Å². The van der Waals surface area contributed by atoms with Gasteiger partial charge < -0.3 is 15.0 Å². The van der Waals surface area contributed by atoms with Crippen molar-refractivity contribution in [3.8, 4) is 0 Å². The molecule has 1 unspecified atom stereocenters. The second kappa shape index (κ2) is 6.21. The van der Waals surface area contributed by atoms with E-state index in [-0.39, 0.29) is 12.0 Å². The van der Waals surface area contributed by atoms with E-state index < -0.39 is 0 Å².